The molecule has 0 aromatic heterocycles. The zero-order chi connectivity index (χ0) is 20.9. The van der Waals surface area contributed by atoms with E-state index in [0.717, 1.165) is 36.7 Å². The van der Waals surface area contributed by atoms with Gasteiger partial charge in [0.15, 0.2) is 5.96 Å². The molecule has 2 aromatic carbocycles. The van der Waals surface area contributed by atoms with Crippen LogP contribution in [0.2, 0.25) is 0 Å². The third-order valence-corrected chi connectivity index (χ3v) is 4.26. The lowest BCUT2D eigenvalue weighted by Crippen LogP contribution is -2.38. The number of anilines is 1. The summed E-state index contributed by atoms with van der Waals surface area (Å²) in [6.07, 6.45) is 0.980. The first-order valence-corrected chi connectivity index (χ1v) is 10.1. The minimum absolute atomic E-state index is 0. The number of hydrogen-bond acceptors (Lipinski definition) is 3. The lowest BCUT2D eigenvalue weighted by Gasteiger charge is -2.15. The van der Waals surface area contributed by atoms with E-state index >= 15 is 0 Å². The molecule has 0 heterocycles. The lowest BCUT2D eigenvalue weighted by atomic mass is 10.1. The Labute approximate surface area is 196 Å². The average molecular weight is 524 g/mol. The van der Waals surface area contributed by atoms with Crippen molar-refractivity contribution in [1.29, 1.82) is 0 Å². The Hall–Kier alpha value is -2.13. The predicted octanol–water partition coefficient (Wildman–Crippen LogP) is 4.49. The molecule has 6 nitrogen and oxygen atoms in total. The van der Waals surface area contributed by atoms with E-state index in [2.05, 4.69) is 40.0 Å². The fourth-order valence-electron chi connectivity index (χ4n) is 2.82. The van der Waals surface area contributed by atoms with Crippen molar-refractivity contribution in [3.05, 3.63) is 65.7 Å². The molecule has 0 saturated carbocycles. The SMILES string of the molecule is CCNC(=NCc1cccc(NC(C)=O)c1)NCCCOC(C)c1ccccc1.I. The largest absolute Gasteiger partial charge is 0.374 e. The Bertz CT molecular complexity index is 784. The number of nitrogens with one attached hydrogen (secondary N) is 3. The molecule has 0 aliphatic rings. The van der Waals surface area contributed by atoms with Crippen LogP contribution in [-0.4, -0.2) is 31.6 Å². The third-order valence-electron chi connectivity index (χ3n) is 4.26. The smallest absolute Gasteiger partial charge is 0.221 e. The predicted molar refractivity (Wildman–Crippen MR) is 134 cm³/mol. The minimum atomic E-state index is -0.0792. The Morgan fingerprint density at radius 2 is 1.87 bits per heavy atom. The molecule has 2 rings (SSSR count). The van der Waals surface area contributed by atoms with Gasteiger partial charge < -0.3 is 20.7 Å². The van der Waals surface area contributed by atoms with E-state index in [-0.39, 0.29) is 36.0 Å². The number of halogens is 1. The van der Waals surface area contributed by atoms with Gasteiger partial charge in [0.1, 0.15) is 0 Å². The van der Waals surface area contributed by atoms with E-state index in [1.54, 1.807) is 0 Å². The topological polar surface area (TPSA) is 74.8 Å². The Kier molecular flexibility index (Phi) is 12.8. The Morgan fingerprint density at radius 3 is 2.57 bits per heavy atom. The second-order valence-corrected chi connectivity index (χ2v) is 6.78. The van der Waals surface area contributed by atoms with Crippen LogP contribution < -0.4 is 16.0 Å². The number of hydrogen-bond donors (Lipinski definition) is 3. The first kappa shape index (κ1) is 25.9. The highest BCUT2D eigenvalue weighted by molar-refractivity contribution is 14.0. The van der Waals surface area contributed by atoms with Crippen LogP contribution >= 0.6 is 24.0 Å². The number of aliphatic imine (C=N–C) groups is 1. The fraction of sp³-hybridized carbons (Fsp3) is 0.391. The van der Waals surface area contributed by atoms with Gasteiger partial charge in [-0.25, -0.2) is 4.99 Å². The standard InChI is InChI=1S/C23H32N4O2.HI/c1-4-24-23(26-17-20-10-8-13-22(16-20)27-19(3)28)25-14-9-15-29-18(2)21-11-6-5-7-12-21;/h5-8,10-13,16,18H,4,9,14-15,17H2,1-3H3,(H,27,28)(H2,24,25,26);1H. The molecule has 30 heavy (non-hydrogen) atoms. The van der Waals surface area contributed by atoms with Crippen LogP contribution in [0.4, 0.5) is 5.69 Å². The van der Waals surface area contributed by atoms with Gasteiger partial charge in [-0.1, -0.05) is 42.5 Å². The molecular weight excluding hydrogens is 491 g/mol. The van der Waals surface area contributed by atoms with Gasteiger partial charge in [-0.05, 0) is 43.5 Å². The molecule has 0 fully saturated rings. The van der Waals surface area contributed by atoms with Gasteiger partial charge in [0, 0.05) is 32.3 Å². The lowest BCUT2D eigenvalue weighted by molar-refractivity contribution is -0.114. The summed E-state index contributed by atoms with van der Waals surface area (Å²) >= 11 is 0. The van der Waals surface area contributed by atoms with Crippen LogP contribution in [-0.2, 0) is 16.1 Å². The molecule has 0 spiro atoms. The van der Waals surface area contributed by atoms with Gasteiger partial charge in [-0.2, -0.15) is 0 Å². The highest BCUT2D eigenvalue weighted by Crippen LogP contribution is 2.15. The molecule has 2 aromatic rings. The fourth-order valence-corrected chi connectivity index (χ4v) is 2.82. The number of carbonyl (C=O) groups excluding carboxylic acids is 1. The Morgan fingerprint density at radius 1 is 1.10 bits per heavy atom. The summed E-state index contributed by atoms with van der Waals surface area (Å²) in [5, 5.41) is 9.39. The van der Waals surface area contributed by atoms with Gasteiger partial charge in [0.2, 0.25) is 5.91 Å². The quantitative estimate of drug-likeness (QED) is 0.185. The summed E-state index contributed by atoms with van der Waals surface area (Å²) < 4.78 is 5.91. The molecule has 0 bridgehead atoms. The summed E-state index contributed by atoms with van der Waals surface area (Å²) in [5.74, 6) is 0.693. The van der Waals surface area contributed by atoms with E-state index in [0.29, 0.717) is 13.2 Å². The molecule has 1 amide bonds. The van der Waals surface area contributed by atoms with E-state index in [4.69, 9.17) is 4.74 Å². The molecule has 0 saturated heterocycles. The van der Waals surface area contributed by atoms with E-state index in [9.17, 15) is 4.79 Å². The van der Waals surface area contributed by atoms with Gasteiger partial charge in [-0.15, -0.1) is 24.0 Å². The summed E-state index contributed by atoms with van der Waals surface area (Å²) in [6.45, 7) is 8.40. The van der Waals surface area contributed by atoms with E-state index in [1.165, 1.54) is 12.5 Å². The maximum absolute atomic E-state index is 11.2. The van der Waals surface area contributed by atoms with Crippen LogP contribution in [0, 0.1) is 0 Å². The van der Waals surface area contributed by atoms with Crippen molar-refractivity contribution < 1.29 is 9.53 Å². The molecule has 0 aliphatic heterocycles. The molecule has 0 aliphatic carbocycles. The number of amides is 1. The number of guanidine groups is 1. The van der Waals surface area contributed by atoms with Gasteiger partial charge in [-0.3, -0.25) is 4.79 Å². The van der Waals surface area contributed by atoms with Gasteiger partial charge in [0.05, 0.1) is 12.6 Å². The summed E-state index contributed by atoms with van der Waals surface area (Å²) in [4.78, 5) is 15.8. The second kappa shape index (κ2) is 14.8. The number of ether oxygens (including phenoxy) is 1. The maximum atomic E-state index is 11.2. The van der Waals surface area contributed by atoms with Gasteiger partial charge in [0.25, 0.3) is 0 Å². The highest BCUT2D eigenvalue weighted by Gasteiger charge is 2.04. The van der Waals surface area contributed by atoms with Crippen LogP contribution in [0.25, 0.3) is 0 Å². The van der Waals surface area contributed by atoms with Gasteiger partial charge >= 0.3 is 0 Å². The second-order valence-electron chi connectivity index (χ2n) is 6.78. The van der Waals surface area contributed by atoms with Crippen LogP contribution in [0.1, 0.15) is 44.4 Å². The monoisotopic (exact) mass is 524 g/mol. The Balaban J connectivity index is 0.00000450. The number of benzene rings is 2. The normalized spacial score (nSPS) is 11.9. The summed E-state index contributed by atoms with van der Waals surface area (Å²) in [7, 11) is 0. The van der Waals surface area contributed by atoms with Crippen LogP contribution in [0.15, 0.2) is 59.6 Å². The maximum Gasteiger partial charge on any atom is 0.221 e. The van der Waals surface area contributed by atoms with Crippen molar-refractivity contribution in [2.24, 2.45) is 4.99 Å². The van der Waals surface area contributed by atoms with E-state index < -0.39 is 0 Å². The molecule has 3 N–H and O–H groups in total. The molecule has 1 atom stereocenters. The van der Waals surface area contributed by atoms with Crippen LogP contribution in [0.5, 0.6) is 0 Å². The van der Waals surface area contributed by atoms with E-state index in [1.807, 2.05) is 49.4 Å². The molecular formula is C23H33IN4O2. The zero-order valence-corrected chi connectivity index (χ0v) is 20.3. The number of carbonyl (C=O) groups is 1. The average Bonchev–Trinajstić information content (AvgIpc) is 2.72. The number of nitrogens with zero attached hydrogens (tertiary/aromatic N) is 1. The first-order chi connectivity index (χ1) is 14.1. The summed E-state index contributed by atoms with van der Waals surface area (Å²) in [5.41, 5.74) is 3.01. The molecule has 7 heteroatoms. The van der Waals surface area contributed by atoms with Crippen molar-refractivity contribution in [2.75, 3.05) is 25.0 Å². The van der Waals surface area contributed by atoms with Crippen molar-refractivity contribution in [1.82, 2.24) is 10.6 Å². The minimum Gasteiger partial charge on any atom is -0.374 e. The zero-order valence-electron chi connectivity index (χ0n) is 18.0. The first-order valence-electron chi connectivity index (χ1n) is 10.1. The molecule has 164 valence electrons. The van der Waals surface area contributed by atoms with Crippen molar-refractivity contribution in [3.63, 3.8) is 0 Å². The van der Waals surface area contributed by atoms with Crippen molar-refractivity contribution >= 4 is 41.5 Å². The van der Waals surface area contributed by atoms with Crippen LogP contribution in [0.3, 0.4) is 0 Å². The molecule has 0 radical (unpaired) electrons. The third kappa shape index (κ3) is 10.1. The van der Waals surface area contributed by atoms with Crippen molar-refractivity contribution in [2.45, 2.75) is 39.8 Å². The molecule has 1 unspecified atom stereocenters. The van der Waals surface area contributed by atoms with Crippen molar-refractivity contribution in [3.8, 4) is 0 Å². The number of rotatable bonds is 10. The summed E-state index contributed by atoms with van der Waals surface area (Å²) in [6, 6.07) is 18.0. The highest BCUT2D eigenvalue weighted by atomic mass is 127.